The number of rotatable bonds is 6. The molecule has 0 aromatic carbocycles. The second-order valence-corrected chi connectivity index (χ2v) is 8.80. The smallest absolute Gasteiger partial charge is 0.376 e. The van der Waals surface area contributed by atoms with Crippen molar-refractivity contribution >= 4 is 17.5 Å². The number of Topliss-reactive ketones (excluding diaryl/α,β-unsaturated/α-hetero) is 1. The molecule has 1 saturated heterocycles. The Labute approximate surface area is 182 Å². The number of hydrogen-bond donors (Lipinski definition) is 1. The van der Waals surface area contributed by atoms with Crippen molar-refractivity contribution in [3.63, 3.8) is 0 Å². The van der Waals surface area contributed by atoms with Gasteiger partial charge in [-0.3, -0.25) is 19.1 Å². The SMILES string of the molecule is C[C@@]1(C(F)(F)F)Cn2c(nc(NC[C@H]3OCC4CC43)cc2=O)N1CC(=O)c1cccnc1.[HH]. The van der Waals surface area contributed by atoms with Crippen LogP contribution in [0.3, 0.4) is 0 Å². The van der Waals surface area contributed by atoms with E-state index in [2.05, 4.69) is 15.3 Å². The molecule has 172 valence electrons. The number of pyridine rings is 1. The second-order valence-electron chi connectivity index (χ2n) is 8.80. The fourth-order valence-corrected chi connectivity index (χ4v) is 4.51. The van der Waals surface area contributed by atoms with E-state index in [0.717, 1.165) is 22.8 Å². The number of hydrogen-bond acceptors (Lipinski definition) is 7. The van der Waals surface area contributed by atoms with Crippen LogP contribution in [0.15, 0.2) is 35.4 Å². The van der Waals surface area contributed by atoms with Gasteiger partial charge >= 0.3 is 6.18 Å². The van der Waals surface area contributed by atoms with Gasteiger partial charge in [-0.2, -0.15) is 18.2 Å². The Hall–Kier alpha value is -2.95. The summed E-state index contributed by atoms with van der Waals surface area (Å²) in [6.07, 6.45) is -0.815. The standard InChI is InChI=1S/C21H22F3N5O3.H2/c1-20(21(22,23)24)11-28-18(31)6-17(26-8-16-14-5-13(14)10-32-16)27-19(28)29(20)9-15(30)12-3-2-4-25-7-12;/h2-4,6-7,13-14,16,26H,5,8-11H2,1H3;1H/t13?,14?,16-,20+;/m1./s1. The van der Waals surface area contributed by atoms with E-state index in [1.165, 1.54) is 30.6 Å². The molecule has 2 unspecified atom stereocenters. The summed E-state index contributed by atoms with van der Waals surface area (Å²) in [6, 6.07) is 4.21. The highest BCUT2D eigenvalue weighted by Crippen LogP contribution is 2.48. The van der Waals surface area contributed by atoms with Crippen molar-refractivity contribution < 1.29 is 24.1 Å². The number of ketones is 1. The lowest BCUT2D eigenvalue weighted by Gasteiger charge is -2.36. The molecule has 2 fully saturated rings. The maximum absolute atomic E-state index is 14.1. The van der Waals surface area contributed by atoms with Gasteiger partial charge in [0, 0.05) is 32.0 Å². The first-order valence-corrected chi connectivity index (χ1v) is 10.4. The molecular weight excluding hydrogens is 427 g/mol. The topological polar surface area (TPSA) is 89.4 Å². The molecule has 0 radical (unpaired) electrons. The number of halogens is 3. The highest BCUT2D eigenvalue weighted by atomic mass is 19.4. The number of carbonyl (C=O) groups excluding carboxylic acids is 1. The molecule has 32 heavy (non-hydrogen) atoms. The Balaban J connectivity index is 0.00000259. The lowest BCUT2D eigenvalue weighted by atomic mass is 10.00. The van der Waals surface area contributed by atoms with Crippen LogP contribution in [0, 0.1) is 11.8 Å². The average molecular weight is 451 g/mol. The minimum Gasteiger partial charge on any atom is -0.376 e. The predicted molar refractivity (Wildman–Crippen MR) is 111 cm³/mol. The number of nitrogens with zero attached hydrogens (tertiary/aromatic N) is 4. The van der Waals surface area contributed by atoms with Crippen molar-refractivity contribution in [3.8, 4) is 0 Å². The number of ether oxygens (including phenoxy) is 1. The van der Waals surface area contributed by atoms with Gasteiger partial charge in [0.15, 0.2) is 11.3 Å². The summed E-state index contributed by atoms with van der Waals surface area (Å²) in [5, 5.41) is 3.03. The van der Waals surface area contributed by atoms with Gasteiger partial charge in [0.1, 0.15) is 5.82 Å². The van der Waals surface area contributed by atoms with Gasteiger partial charge in [0.05, 0.1) is 25.8 Å². The van der Waals surface area contributed by atoms with Crippen molar-refractivity contribution in [2.75, 3.05) is 29.9 Å². The number of anilines is 2. The van der Waals surface area contributed by atoms with E-state index in [0.29, 0.717) is 25.0 Å². The van der Waals surface area contributed by atoms with Crippen molar-refractivity contribution in [1.82, 2.24) is 14.5 Å². The molecule has 3 aliphatic rings. The zero-order valence-electron chi connectivity index (χ0n) is 17.3. The first kappa shape index (κ1) is 20.9. The number of carbonyl (C=O) groups is 1. The van der Waals surface area contributed by atoms with E-state index in [1.54, 1.807) is 0 Å². The van der Waals surface area contributed by atoms with Gasteiger partial charge in [-0.1, -0.05) is 0 Å². The third kappa shape index (κ3) is 3.44. The Morgan fingerprint density at radius 2 is 2.25 bits per heavy atom. The number of fused-ring (bicyclic) bond motifs is 2. The third-order valence-corrected chi connectivity index (χ3v) is 6.65. The van der Waals surface area contributed by atoms with Crippen molar-refractivity contribution in [2.45, 2.75) is 37.7 Å². The zero-order chi connectivity index (χ0) is 22.7. The Morgan fingerprint density at radius 3 is 2.88 bits per heavy atom. The monoisotopic (exact) mass is 451 g/mol. The van der Waals surface area contributed by atoms with Crippen LogP contribution in [0.1, 0.15) is 25.1 Å². The normalized spacial score (nSPS) is 28.4. The molecule has 1 N–H and O–H groups in total. The molecule has 11 heteroatoms. The number of nitrogens with one attached hydrogen (secondary N) is 1. The summed E-state index contributed by atoms with van der Waals surface area (Å²) in [5.74, 6) is 0.503. The molecule has 0 bridgehead atoms. The molecule has 0 spiro atoms. The minimum absolute atomic E-state index is 0. The summed E-state index contributed by atoms with van der Waals surface area (Å²) < 4.78 is 49.0. The van der Waals surface area contributed by atoms with Crippen LogP contribution >= 0.6 is 0 Å². The fraction of sp³-hybridized carbons (Fsp3) is 0.524. The minimum atomic E-state index is -4.70. The van der Waals surface area contributed by atoms with Crippen molar-refractivity contribution in [1.29, 1.82) is 0 Å². The molecule has 2 aliphatic heterocycles. The van der Waals surface area contributed by atoms with Crippen LogP contribution < -0.4 is 15.8 Å². The van der Waals surface area contributed by atoms with Gasteiger partial charge in [0.25, 0.3) is 5.56 Å². The summed E-state index contributed by atoms with van der Waals surface area (Å²) in [7, 11) is 0. The van der Waals surface area contributed by atoms with E-state index in [1.807, 2.05) is 0 Å². The van der Waals surface area contributed by atoms with Gasteiger partial charge in [0.2, 0.25) is 5.95 Å². The van der Waals surface area contributed by atoms with Crippen LogP contribution in [-0.2, 0) is 11.3 Å². The third-order valence-electron chi connectivity index (χ3n) is 6.65. The van der Waals surface area contributed by atoms with Crippen molar-refractivity contribution in [2.24, 2.45) is 11.8 Å². The van der Waals surface area contributed by atoms with Gasteiger partial charge in [-0.05, 0) is 37.3 Å². The Bertz CT molecular complexity index is 1110. The summed E-state index contributed by atoms with van der Waals surface area (Å²) in [5.41, 5.74) is -2.89. The maximum atomic E-state index is 14.1. The summed E-state index contributed by atoms with van der Waals surface area (Å²) in [4.78, 5) is 34.5. The van der Waals surface area contributed by atoms with Gasteiger partial charge in [-0.15, -0.1) is 0 Å². The van der Waals surface area contributed by atoms with E-state index < -0.39 is 36.1 Å². The number of alkyl halides is 3. The molecule has 1 saturated carbocycles. The molecule has 5 rings (SSSR count). The van der Waals surface area contributed by atoms with Crippen LogP contribution in [-0.4, -0.2) is 57.8 Å². The molecule has 0 amide bonds. The molecule has 4 heterocycles. The Morgan fingerprint density at radius 1 is 1.44 bits per heavy atom. The molecule has 4 atom stereocenters. The predicted octanol–water partition coefficient (Wildman–Crippen LogP) is 2.36. The molecule has 8 nitrogen and oxygen atoms in total. The van der Waals surface area contributed by atoms with Crippen LogP contribution in [0.25, 0.3) is 0 Å². The van der Waals surface area contributed by atoms with E-state index in [9.17, 15) is 22.8 Å². The molecule has 1 aliphatic carbocycles. The van der Waals surface area contributed by atoms with Gasteiger partial charge in [-0.25, -0.2) is 0 Å². The molecule has 2 aromatic heterocycles. The zero-order valence-corrected chi connectivity index (χ0v) is 17.3. The van der Waals surface area contributed by atoms with E-state index >= 15 is 0 Å². The molecule has 2 aromatic rings. The summed E-state index contributed by atoms with van der Waals surface area (Å²) in [6.45, 7) is 0.874. The van der Waals surface area contributed by atoms with Crippen molar-refractivity contribution in [3.05, 3.63) is 46.5 Å². The first-order chi connectivity index (χ1) is 15.2. The largest absolute Gasteiger partial charge is 0.413 e. The maximum Gasteiger partial charge on any atom is 0.413 e. The van der Waals surface area contributed by atoms with Crippen LogP contribution in [0.5, 0.6) is 0 Å². The average Bonchev–Trinajstić information content (AvgIpc) is 3.33. The lowest BCUT2D eigenvalue weighted by Crippen LogP contribution is -2.57. The summed E-state index contributed by atoms with van der Waals surface area (Å²) >= 11 is 0. The van der Waals surface area contributed by atoms with E-state index in [-0.39, 0.29) is 24.9 Å². The first-order valence-electron chi connectivity index (χ1n) is 10.4. The fourth-order valence-electron chi connectivity index (χ4n) is 4.51. The Kier molecular flexibility index (Phi) is 4.77. The quantitative estimate of drug-likeness (QED) is 0.675. The second kappa shape index (κ2) is 7.29. The molecular formula is C21H24F3N5O3. The van der Waals surface area contributed by atoms with Crippen LogP contribution in [0.2, 0.25) is 0 Å². The number of aromatic nitrogens is 3. The van der Waals surface area contributed by atoms with Gasteiger partial charge < -0.3 is 15.0 Å². The highest BCUT2D eigenvalue weighted by Gasteiger charge is 2.60. The highest BCUT2D eigenvalue weighted by molar-refractivity contribution is 5.99. The van der Waals surface area contributed by atoms with E-state index in [4.69, 9.17) is 4.74 Å². The van der Waals surface area contributed by atoms with Crippen LogP contribution in [0.4, 0.5) is 24.9 Å². The lowest BCUT2D eigenvalue weighted by molar-refractivity contribution is -0.181.